The summed E-state index contributed by atoms with van der Waals surface area (Å²) >= 11 is 0. The van der Waals surface area contributed by atoms with Gasteiger partial charge in [-0.2, -0.15) is 0 Å². The van der Waals surface area contributed by atoms with Crippen LogP contribution in [0.15, 0.2) is 6.20 Å². The summed E-state index contributed by atoms with van der Waals surface area (Å²) in [7, 11) is 0. The van der Waals surface area contributed by atoms with Gasteiger partial charge in [-0.1, -0.05) is 12.1 Å². The van der Waals surface area contributed by atoms with E-state index >= 15 is 0 Å². The van der Waals surface area contributed by atoms with Crippen LogP contribution in [-0.2, 0) is 0 Å². The number of hydrogen-bond acceptors (Lipinski definition) is 3. The zero-order chi connectivity index (χ0) is 10.3. The van der Waals surface area contributed by atoms with Gasteiger partial charge in [0.25, 0.3) is 0 Å². The largest absolute Gasteiger partial charge is 0.301 e. The lowest BCUT2D eigenvalue weighted by Gasteiger charge is -2.12. The lowest BCUT2D eigenvalue weighted by atomic mass is 10.2. The second kappa shape index (κ2) is 3.59. The second-order valence-corrected chi connectivity index (χ2v) is 4.73. The van der Waals surface area contributed by atoms with E-state index in [9.17, 15) is 0 Å². The minimum absolute atomic E-state index is 0.560. The van der Waals surface area contributed by atoms with Crippen molar-refractivity contribution in [2.45, 2.75) is 38.1 Å². The first-order valence-electron chi connectivity index (χ1n) is 6.01. The summed E-state index contributed by atoms with van der Waals surface area (Å²) < 4.78 is 2.09. The Morgan fingerprint density at radius 1 is 1.40 bits per heavy atom. The van der Waals surface area contributed by atoms with Gasteiger partial charge in [0, 0.05) is 25.2 Å². The van der Waals surface area contributed by atoms with Crippen LogP contribution in [0.3, 0.4) is 0 Å². The van der Waals surface area contributed by atoms with E-state index in [0.717, 1.165) is 19.0 Å². The molecular weight excluding hydrogens is 188 g/mol. The first kappa shape index (κ1) is 9.33. The molecule has 1 unspecified atom stereocenters. The molecule has 3 rings (SSSR count). The molecule has 0 spiro atoms. The summed E-state index contributed by atoms with van der Waals surface area (Å²) in [5.74, 6) is 0.724. The Morgan fingerprint density at radius 3 is 2.93 bits per heavy atom. The monoisotopic (exact) mass is 206 g/mol. The number of nitrogens with zero attached hydrogens (tertiary/aromatic N) is 4. The number of likely N-dealkylation sites (N-methyl/N-ethyl adjacent to an activating group) is 1. The van der Waals surface area contributed by atoms with E-state index in [1.807, 2.05) is 0 Å². The molecule has 2 aliphatic rings. The molecule has 2 heterocycles. The highest BCUT2D eigenvalue weighted by Gasteiger charge is 2.29. The summed E-state index contributed by atoms with van der Waals surface area (Å²) in [5.41, 5.74) is 1.21. The molecule has 4 heteroatoms. The van der Waals surface area contributed by atoms with E-state index in [4.69, 9.17) is 0 Å². The molecule has 0 N–H and O–H groups in total. The third kappa shape index (κ3) is 1.78. The van der Waals surface area contributed by atoms with Crippen molar-refractivity contribution in [3.8, 4) is 0 Å². The van der Waals surface area contributed by atoms with Crippen molar-refractivity contribution in [1.29, 1.82) is 0 Å². The van der Waals surface area contributed by atoms with E-state index in [1.54, 1.807) is 0 Å². The van der Waals surface area contributed by atoms with Gasteiger partial charge in [0.15, 0.2) is 0 Å². The fourth-order valence-corrected chi connectivity index (χ4v) is 2.35. The van der Waals surface area contributed by atoms with Crippen molar-refractivity contribution in [2.75, 3.05) is 19.6 Å². The summed E-state index contributed by atoms with van der Waals surface area (Å²) in [6.45, 7) is 5.73. The summed E-state index contributed by atoms with van der Waals surface area (Å²) in [5, 5.41) is 8.54. The van der Waals surface area contributed by atoms with Gasteiger partial charge >= 0.3 is 0 Å². The molecule has 1 aromatic rings. The fraction of sp³-hybridized carbons (Fsp3) is 0.818. The van der Waals surface area contributed by atoms with Crippen LogP contribution in [-0.4, -0.2) is 39.5 Å². The smallest absolute Gasteiger partial charge is 0.0858 e. The molecular formula is C11H18N4. The molecule has 0 radical (unpaired) electrons. The SMILES string of the molecule is CCN1CCC(n2cc(C3CC3)nn2)C1. The Morgan fingerprint density at radius 2 is 2.27 bits per heavy atom. The highest BCUT2D eigenvalue weighted by atomic mass is 15.4. The third-order valence-corrected chi connectivity index (χ3v) is 3.59. The molecule has 1 aliphatic heterocycles. The minimum atomic E-state index is 0.560. The molecule has 0 aromatic carbocycles. The lowest BCUT2D eigenvalue weighted by molar-refractivity contribution is 0.334. The summed E-state index contributed by atoms with van der Waals surface area (Å²) in [4.78, 5) is 2.48. The highest BCUT2D eigenvalue weighted by molar-refractivity contribution is 5.09. The predicted octanol–water partition coefficient (Wildman–Crippen LogP) is 1.42. The van der Waals surface area contributed by atoms with Crippen LogP contribution in [0.5, 0.6) is 0 Å². The van der Waals surface area contributed by atoms with Crippen LogP contribution in [0.1, 0.15) is 43.8 Å². The molecule has 0 amide bonds. The van der Waals surface area contributed by atoms with Crippen molar-refractivity contribution in [3.63, 3.8) is 0 Å². The average Bonchev–Trinajstić information content (AvgIpc) is 2.84. The van der Waals surface area contributed by atoms with Crippen LogP contribution in [0.2, 0.25) is 0 Å². The molecule has 1 aliphatic carbocycles. The van der Waals surface area contributed by atoms with Gasteiger partial charge < -0.3 is 4.90 Å². The van der Waals surface area contributed by atoms with E-state index in [0.29, 0.717) is 6.04 Å². The van der Waals surface area contributed by atoms with Crippen LogP contribution in [0.25, 0.3) is 0 Å². The Balaban J connectivity index is 1.70. The molecule has 15 heavy (non-hydrogen) atoms. The zero-order valence-corrected chi connectivity index (χ0v) is 9.26. The molecule has 0 bridgehead atoms. The van der Waals surface area contributed by atoms with E-state index in [-0.39, 0.29) is 0 Å². The number of likely N-dealkylation sites (tertiary alicyclic amines) is 1. The van der Waals surface area contributed by atoms with Gasteiger partial charge in [0.1, 0.15) is 0 Å². The van der Waals surface area contributed by atoms with Crippen molar-refractivity contribution < 1.29 is 0 Å². The molecule has 1 atom stereocenters. The molecule has 1 saturated carbocycles. The van der Waals surface area contributed by atoms with Crippen molar-refractivity contribution >= 4 is 0 Å². The summed E-state index contributed by atoms with van der Waals surface area (Å²) in [6, 6.07) is 0.560. The van der Waals surface area contributed by atoms with Gasteiger partial charge in [-0.05, 0) is 25.8 Å². The molecule has 1 aromatic heterocycles. The van der Waals surface area contributed by atoms with E-state index in [1.165, 1.54) is 31.5 Å². The predicted molar refractivity (Wildman–Crippen MR) is 57.8 cm³/mol. The van der Waals surface area contributed by atoms with Crippen molar-refractivity contribution in [1.82, 2.24) is 19.9 Å². The van der Waals surface area contributed by atoms with Gasteiger partial charge in [-0.25, -0.2) is 4.68 Å². The Bertz CT molecular complexity index is 342. The maximum Gasteiger partial charge on any atom is 0.0858 e. The molecule has 2 fully saturated rings. The first-order valence-corrected chi connectivity index (χ1v) is 6.01. The maximum atomic E-state index is 4.27. The minimum Gasteiger partial charge on any atom is -0.301 e. The van der Waals surface area contributed by atoms with Crippen LogP contribution < -0.4 is 0 Å². The average molecular weight is 206 g/mol. The van der Waals surface area contributed by atoms with E-state index < -0.39 is 0 Å². The number of rotatable bonds is 3. The van der Waals surface area contributed by atoms with Crippen LogP contribution in [0.4, 0.5) is 0 Å². The number of hydrogen-bond donors (Lipinski definition) is 0. The van der Waals surface area contributed by atoms with E-state index in [2.05, 4.69) is 33.0 Å². The molecule has 4 nitrogen and oxygen atoms in total. The van der Waals surface area contributed by atoms with Crippen molar-refractivity contribution in [2.24, 2.45) is 0 Å². The van der Waals surface area contributed by atoms with Crippen molar-refractivity contribution in [3.05, 3.63) is 11.9 Å². The molecule has 82 valence electrons. The first-order chi connectivity index (χ1) is 7.36. The standard InChI is InChI=1S/C11H18N4/c1-2-14-6-5-10(7-14)15-8-11(12-13-15)9-3-4-9/h8-10H,2-7H2,1H3. The van der Waals surface area contributed by atoms with Crippen LogP contribution >= 0.6 is 0 Å². The Labute approximate surface area is 90.3 Å². The lowest BCUT2D eigenvalue weighted by Crippen LogP contribution is -2.21. The second-order valence-electron chi connectivity index (χ2n) is 4.73. The third-order valence-electron chi connectivity index (χ3n) is 3.59. The zero-order valence-electron chi connectivity index (χ0n) is 9.26. The van der Waals surface area contributed by atoms with Gasteiger partial charge in [0.05, 0.1) is 11.7 Å². The fourth-order valence-electron chi connectivity index (χ4n) is 2.35. The molecule has 1 saturated heterocycles. The topological polar surface area (TPSA) is 34.0 Å². The van der Waals surface area contributed by atoms with Gasteiger partial charge in [-0.3, -0.25) is 0 Å². The Hall–Kier alpha value is -0.900. The quantitative estimate of drug-likeness (QED) is 0.750. The van der Waals surface area contributed by atoms with Gasteiger partial charge in [-0.15, -0.1) is 5.10 Å². The number of aromatic nitrogens is 3. The van der Waals surface area contributed by atoms with Crippen LogP contribution in [0, 0.1) is 0 Å². The Kier molecular flexibility index (Phi) is 2.24. The normalized spacial score (nSPS) is 27.4. The maximum absolute atomic E-state index is 4.27. The van der Waals surface area contributed by atoms with Gasteiger partial charge in [0.2, 0.25) is 0 Å². The highest BCUT2D eigenvalue weighted by Crippen LogP contribution is 2.39. The summed E-state index contributed by atoms with van der Waals surface area (Å²) in [6.07, 6.45) is 6.01.